The minimum Gasteiger partial charge on any atom is -1.00 e. The van der Waals surface area contributed by atoms with Crippen LogP contribution in [-0.4, -0.2) is 32.2 Å². The summed E-state index contributed by atoms with van der Waals surface area (Å²) in [6, 6.07) is 17.3. The minimum absolute atomic E-state index is 0. The Kier molecular flexibility index (Phi) is 5.52. The molecule has 0 amide bonds. The molecule has 0 unspecified atom stereocenters. The lowest BCUT2D eigenvalue weighted by molar-refractivity contribution is -0.858. The molecule has 0 radical (unpaired) electrons. The van der Waals surface area contributed by atoms with Crippen molar-refractivity contribution in [1.29, 1.82) is 0 Å². The number of hydrogen-bond donors (Lipinski definition) is 1. The van der Waals surface area contributed by atoms with Gasteiger partial charge >= 0.3 is 0 Å². The van der Waals surface area contributed by atoms with Gasteiger partial charge in [0.05, 0.1) is 31.2 Å². The molecule has 3 nitrogen and oxygen atoms in total. The predicted molar refractivity (Wildman–Crippen MR) is 102 cm³/mol. The van der Waals surface area contributed by atoms with E-state index < -0.39 is 0 Å². The van der Waals surface area contributed by atoms with E-state index in [1.807, 2.05) is 24.0 Å². The first-order valence-corrected chi connectivity index (χ1v) is 9.27. The monoisotopic (exact) mass is 371 g/mol. The van der Waals surface area contributed by atoms with Gasteiger partial charge in [0.1, 0.15) is 5.82 Å². The Morgan fingerprint density at radius 1 is 1.04 bits per heavy atom. The maximum atomic E-state index is 4.68. The Bertz CT molecular complexity index is 882. The van der Waals surface area contributed by atoms with E-state index in [0.29, 0.717) is 0 Å². The van der Waals surface area contributed by atoms with Crippen LogP contribution < -0.4 is 22.2 Å². The van der Waals surface area contributed by atoms with Gasteiger partial charge in [0.2, 0.25) is 0 Å². The normalized spacial score (nSPS) is 12.7. The van der Waals surface area contributed by atoms with Gasteiger partial charge in [0.25, 0.3) is 0 Å². The van der Waals surface area contributed by atoms with Gasteiger partial charge in [0, 0.05) is 24.1 Å². The molecule has 25 heavy (non-hydrogen) atoms. The maximum Gasteiger partial charge on any atom is 0.147 e. The standard InChI is InChI=1S/C20H21N3S.ClH/c1-22(2)13-6-14-23-17-11-10-15-7-3-4-8-16(15)19(17)24-18-9-5-12-21-20(18)23;/h3-5,7-12H,6,13-14H2,1-2H3;1H. The number of hydrogen-bond acceptors (Lipinski definition) is 3. The zero-order valence-electron chi connectivity index (χ0n) is 14.5. The van der Waals surface area contributed by atoms with Gasteiger partial charge in [-0.15, -0.1) is 0 Å². The molecular formula is C20H22ClN3S. The van der Waals surface area contributed by atoms with Crippen LogP contribution >= 0.6 is 11.8 Å². The first-order valence-electron chi connectivity index (χ1n) is 8.45. The Morgan fingerprint density at radius 2 is 1.88 bits per heavy atom. The van der Waals surface area contributed by atoms with Crippen molar-refractivity contribution >= 4 is 34.0 Å². The second-order valence-electron chi connectivity index (χ2n) is 6.52. The number of anilines is 2. The van der Waals surface area contributed by atoms with Gasteiger partial charge in [-0.1, -0.05) is 42.1 Å². The van der Waals surface area contributed by atoms with E-state index >= 15 is 0 Å². The summed E-state index contributed by atoms with van der Waals surface area (Å²) in [7, 11) is 4.42. The topological polar surface area (TPSA) is 20.6 Å². The Hall–Kier alpha value is -1.75. The fourth-order valence-electron chi connectivity index (χ4n) is 3.26. The minimum atomic E-state index is 0. The molecule has 0 bridgehead atoms. The third kappa shape index (κ3) is 3.47. The number of aromatic nitrogens is 1. The van der Waals surface area contributed by atoms with Crippen molar-refractivity contribution in [2.24, 2.45) is 0 Å². The fourth-order valence-corrected chi connectivity index (χ4v) is 4.46. The summed E-state index contributed by atoms with van der Waals surface area (Å²) in [6.45, 7) is 2.16. The number of quaternary nitrogens is 1. The van der Waals surface area contributed by atoms with E-state index in [9.17, 15) is 0 Å². The molecule has 2 heterocycles. The highest BCUT2D eigenvalue weighted by Crippen LogP contribution is 2.49. The van der Waals surface area contributed by atoms with Crippen LogP contribution in [0.1, 0.15) is 6.42 Å². The molecule has 0 saturated carbocycles. The quantitative estimate of drug-likeness (QED) is 0.716. The molecule has 3 aromatic rings. The van der Waals surface area contributed by atoms with Gasteiger partial charge in [-0.2, -0.15) is 0 Å². The van der Waals surface area contributed by atoms with E-state index in [-0.39, 0.29) is 12.4 Å². The van der Waals surface area contributed by atoms with Gasteiger partial charge in [-0.25, -0.2) is 4.98 Å². The predicted octanol–water partition coefficient (Wildman–Crippen LogP) is 0.376. The summed E-state index contributed by atoms with van der Waals surface area (Å²) in [5.74, 6) is 1.10. The van der Waals surface area contributed by atoms with E-state index in [1.165, 1.54) is 31.2 Å². The second kappa shape index (κ2) is 7.65. The summed E-state index contributed by atoms with van der Waals surface area (Å²) in [4.78, 5) is 11.2. The van der Waals surface area contributed by atoms with E-state index in [2.05, 4.69) is 66.4 Å². The van der Waals surface area contributed by atoms with E-state index in [0.717, 1.165) is 25.3 Å². The van der Waals surface area contributed by atoms with Crippen molar-refractivity contribution in [2.75, 3.05) is 32.1 Å². The van der Waals surface area contributed by atoms with Gasteiger partial charge in [-0.3, -0.25) is 0 Å². The average molecular weight is 372 g/mol. The van der Waals surface area contributed by atoms with Crippen molar-refractivity contribution in [3.63, 3.8) is 0 Å². The molecule has 1 aromatic heterocycles. The third-order valence-corrected chi connectivity index (χ3v) is 5.60. The van der Waals surface area contributed by atoms with Crippen LogP contribution in [0.25, 0.3) is 10.8 Å². The highest BCUT2D eigenvalue weighted by atomic mass is 35.5. The van der Waals surface area contributed by atoms with E-state index in [4.69, 9.17) is 0 Å². The van der Waals surface area contributed by atoms with Crippen LogP contribution in [0.2, 0.25) is 0 Å². The molecule has 0 spiro atoms. The summed E-state index contributed by atoms with van der Waals surface area (Å²) >= 11 is 1.85. The number of halogens is 1. The molecule has 1 aliphatic rings. The molecule has 0 fully saturated rings. The van der Waals surface area contributed by atoms with E-state index in [1.54, 1.807) is 0 Å². The highest BCUT2D eigenvalue weighted by Gasteiger charge is 2.25. The number of nitrogens with one attached hydrogen (secondary N) is 1. The second-order valence-corrected chi connectivity index (χ2v) is 7.58. The van der Waals surface area contributed by atoms with Gasteiger partial charge in [-0.05, 0) is 29.0 Å². The number of benzene rings is 2. The van der Waals surface area contributed by atoms with Crippen LogP contribution in [0.4, 0.5) is 11.5 Å². The molecule has 4 rings (SSSR count). The first kappa shape index (κ1) is 18.1. The Balaban J connectivity index is 0.00000182. The smallest absolute Gasteiger partial charge is 0.147 e. The number of nitrogens with zero attached hydrogens (tertiary/aromatic N) is 2. The summed E-state index contributed by atoms with van der Waals surface area (Å²) in [6.07, 6.45) is 3.05. The van der Waals surface area contributed by atoms with Crippen molar-refractivity contribution in [1.82, 2.24) is 4.98 Å². The molecule has 0 aliphatic carbocycles. The van der Waals surface area contributed by atoms with Crippen LogP contribution in [0.3, 0.4) is 0 Å². The lowest BCUT2D eigenvalue weighted by atomic mass is 10.1. The summed E-state index contributed by atoms with van der Waals surface area (Å²) in [5.41, 5.74) is 1.29. The SMILES string of the molecule is C[NH+](C)CCCN1c2ccc3ccccc3c2Sc2cccnc21.[Cl-]. The molecule has 1 N–H and O–H groups in total. The lowest BCUT2D eigenvalue weighted by Crippen LogP contribution is -3.05. The lowest BCUT2D eigenvalue weighted by Gasteiger charge is -2.32. The maximum absolute atomic E-state index is 4.68. The van der Waals surface area contributed by atoms with Crippen LogP contribution in [0.15, 0.2) is 64.5 Å². The molecule has 0 saturated heterocycles. The van der Waals surface area contributed by atoms with Crippen molar-refractivity contribution in [3.8, 4) is 0 Å². The largest absolute Gasteiger partial charge is 1.00 e. The molecule has 5 heteroatoms. The summed E-state index contributed by atoms with van der Waals surface area (Å²) < 4.78 is 0. The molecule has 0 atom stereocenters. The number of rotatable bonds is 4. The zero-order valence-corrected chi connectivity index (χ0v) is 16.1. The fraction of sp³-hybridized carbons (Fsp3) is 0.250. The van der Waals surface area contributed by atoms with Crippen LogP contribution in [0.5, 0.6) is 0 Å². The van der Waals surface area contributed by atoms with Crippen LogP contribution in [-0.2, 0) is 0 Å². The highest BCUT2D eigenvalue weighted by molar-refractivity contribution is 8.00. The first-order chi connectivity index (χ1) is 11.7. The van der Waals surface area contributed by atoms with Gasteiger partial charge in [0.15, 0.2) is 0 Å². The number of pyridine rings is 1. The third-order valence-electron chi connectivity index (χ3n) is 4.43. The van der Waals surface area contributed by atoms with Crippen molar-refractivity contribution in [2.45, 2.75) is 16.2 Å². The van der Waals surface area contributed by atoms with Crippen molar-refractivity contribution < 1.29 is 17.3 Å². The molecule has 1 aliphatic heterocycles. The van der Waals surface area contributed by atoms with Crippen molar-refractivity contribution in [3.05, 3.63) is 54.7 Å². The summed E-state index contributed by atoms with van der Waals surface area (Å²) in [5, 5.41) is 2.63. The Labute approximate surface area is 159 Å². The van der Waals surface area contributed by atoms with Gasteiger partial charge < -0.3 is 22.2 Å². The molecular weight excluding hydrogens is 350 g/mol. The molecule has 2 aromatic carbocycles. The Morgan fingerprint density at radius 3 is 2.72 bits per heavy atom. The number of fused-ring (bicyclic) bond motifs is 4. The zero-order chi connectivity index (χ0) is 16.5. The average Bonchev–Trinajstić information content (AvgIpc) is 2.61. The van der Waals surface area contributed by atoms with Crippen LogP contribution in [0, 0.1) is 0 Å². The molecule has 130 valence electrons.